The topological polar surface area (TPSA) is 29.1 Å². The van der Waals surface area contributed by atoms with Crippen LogP contribution in [0.4, 0.5) is 0 Å². The number of rotatable bonds is 1. The molecule has 0 aromatic carbocycles. The summed E-state index contributed by atoms with van der Waals surface area (Å²) in [6, 6.07) is 0.0324. The van der Waals surface area contributed by atoms with Crippen molar-refractivity contribution in [3.8, 4) is 0 Å². The molecule has 0 radical (unpaired) electrons. The van der Waals surface area contributed by atoms with Gasteiger partial charge in [-0.05, 0) is 12.0 Å². The number of carbonyl (C=O) groups excluding carboxylic acids is 1. The van der Waals surface area contributed by atoms with Crippen molar-refractivity contribution in [2.75, 3.05) is 0 Å². The van der Waals surface area contributed by atoms with Gasteiger partial charge in [0.2, 0.25) is 0 Å². The van der Waals surface area contributed by atoms with Crippen LogP contribution in [0.25, 0.3) is 0 Å². The Kier molecular flexibility index (Phi) is 1.56. The van der Waals surface area contributed by atoms with Gasteiger partial charge in [-0.2, -0.15) is 0 Å². The van der Waals surface area contributed by atoms with Crippen LogP contribution in [0.1, 0.15) is 13.8 Å². The van der Waals surface area contributed by atoms with E-state index in [-0.39, 0.29) is 11.8 Å². The second kappa shape index (κ2) is 2.21. The summed E-state index contributed by atoms with van der Waals surface area (Å²) in [7, 11) is 0. The maximum atomic E-state index is 10.9. The van der Waals surface area contributed by atoms with Crippen molar-refractivity contribution in [1.82, 2.24) is 5.32 Å². The van der Waals surface area contributed by atoms with Crippen molar-refractivity contribution in [3.05, 3.63) is 12.3 Å². The summed E-state index contributed by atoms with van der Waals surface area (Å²) in [6.07, 6.45) is 3.30. The van der Waals surface area contributed by atoms with Crippen LogP contribution < -0.4 is 5.32 Å². The van der Waals surface area contributed by atoms with Crippen molar-refractivity contribution < 1.29 is 4.79 Å². The summed E-state index contributed by atoms with van der Waals surface area (Å²) in [5.74, 6) is 0.595. The molecule has 0 aromatic heterocycles. The summed E-state index contributed by atoms with van der Waals surface area (Å²) >= 11 is 0. The lowest BCUT2D eigenvalue weighted by Crippen LogP contribution is -2.32. The van der Waals surface area contributed by atoms with Crippen molar-refractivity contribution in [1.29, 1.82) is 0 Å². The summed E-state index contributed by atoms with van der Waals surface area (Å²) in [4.78, 5) is 10.9. The molecule has 0 saturated carbocycles. The Morgan fingerprint density at radius 3 is 2.56 bits per heavy atom. The quantitative estimate of drug-likeness (QED) is 0.559. The lowest BCUT2D eigenvalue weighted by Gasteiger charge is -2.12. The minimum Gasteiger partial charge on any atom is -0.381 e. The van der Waals surface area contributed by atoms with E-state index in [1.165, 1.54) is 0 Å². The van der Waals surface area contributed by atoms with Gasteiger partial charge in [0.05, 0.1) is 6.04 Å². The first-order chi connectivity index (χ1) is 4.22. The van der Waals surface area contributed by atoms with E-state index in [2.05, 4.69) is 5.32 Å². The first-order valence-corrected chi connectivity index (χ1v) is 3.18. The smallest absolute Gasteiger partial charge is 0.179 e. The zero-order valence-corrected chi connectivity index (χ0v) is 5.72. The molecule has 1 unspecified atom stereocenters. The molecule has 1 atom stereocenters. The lowest BCUT2D eigenvalue weighted by molar-refractivity contribution is -0.116. The van der Waals surface area contributed by atoms with Gasteiger partial charge in [-0.15, -0.1) is 0 Å². The molecular weight excluding hydrogens is 114 g/mol. The first kappa shape index (κ1) is 6.33. The van der Waals surface area contributed by atoms with Crippen LogP contribution in [0.5, 0.6) is 0 Å². The highest BCUT2D eigenvalue weighted by molar-refractivity contribution is 5.96. The van der Waals surface area contributed by atoms with E-state index < -0.39 is 0 Å². The number of nitrogens with one attached hydrogen (secondary N) is 1. The highest BCUT2D eigenvalue weighted by atomic mass is 16.1. The minimum absolute atomic E-state index is 0.0324. The molecule has 0 spiro atoms. The Labute approximate surface area is 54.9 Å². The molecule has 0 bridgehead atoms. The predicted octanol–water partition coefficient (Wildman–Crippen LogP) is 0.697. The molecule has 0 aliphatic carbocycles. The number of hydrogen-bond acceptors (Lipinski definition) is 2. The normalized spacial score (nSPS) is 25.2. The predicted molar refractivity (Wildman–Crippen MR) is 35.9 cm³/mol. The van der Waals surface area contributed by atoms with Crippen LogP contribution in [0.15, 0.2) is 12.3 Å². The monoisotopic (exact) mass is 125 g/mol. The third-order valence-corrected chi connectivity index (χ3v) is 1.50. The largest absolute Gasteiger partial charge is 0.381 e. The van der Waals surface area contributed by atoms with E-state index in [1.807, 2.05) is 13.8 Å². The minimum atomic E-state index is 0.0324. The van der Waals surface area contributed by atoms with Crippen molar-refractivity contribution >= 4 is 5.78 Å². The molecule has 2 nitrogen and oxygen atoms in total. The van der Waals surface area contributed by atoms with E-state index in [9.17, 15) is 4.79 Å². The lowest BCUT2D eigenvalue weighted by atomic mass is 10.0. The fourth-order valence-electron chi connectivity index (χ4n) is 0.941. The fraction of sp³-hybridized carbons (Fsp3) is 0.571. The van der Waals surface area contributed by atoms with Crippen LogP contribution in [-0.4, -0.2) is 11.8 Å². The maximum absolute atomic E-state index is 10.9. The van der Waals surface area contributed by atoms with Crippen molar-refractivity contribution in [2.24, 2.45) is 5.92 Å². The number of hydrogen-bond donors (Lipinski definition) is 1. The molecule has 1 aliphatic heterocycles. The van der Waals surface area contributed by atoms with Crippen molar-refractivity contribution in [3.63, 3.8) is 0 Å². The Balaban J connectivity index is 2.56. The molecule has 2 heteroatoms. The van der Waals surface area contributed by atoms with Crippen LogP contribution in [0.3, 0.4) is 0 Å². The molecule has 50 valence electrons. The second-order valence-corrected chi connectivity index (χ2v) is 2.62. The van der Waals surface area contributed by atoms with Gasteiger partial charge in [0.15, 0.2) is 5.78 Å². The van der Waals surface area contributed by atoms with Gasteiger partial charge < -0.3 is 5.32 Å². The molecule has 0 amide bonds. The third kappa shape index (κ3) is 1.12. The van der Waals surface area contributed by atoms with Gasteiger partial charge in [-0.1, -0.05) is 13.8 Å². The Morgan fingerprint density at radius 1 is 1.67 bits per heavy atom. The van der Waals surface area contributed by atoms with E-state index in [1.54, 1.807) is 12.3 Å². The van der Waals surface area contributed by atoms with E-state index in [0.29, 0.717) is 5.92 Å². The molecule has 1 N–H and O–H groups in total. The van der Waals surface area contributed by atoms with Gasteiger partial charge in [0, 0.05) is 6.20 Å². The molecule has 1 heterocycles. The second-order valence-electron chi connectivity index (χ2n) is 2.62. The zero-order chi connectivity index (χ0) is 6.85. The van der Waals surface area contributed by atoms with Crippen LogP contribution in [-0.2, 0) is 4.79 Å². The molecular formula is C7H11NO. The van der Waals surface area contributed by atoms with Gasteiger partial charge in [0.1, 0.15) is 0 Å². The summed E-state index contributed by atoms with van der Waals surface area (Å²) in [6.45, 7) is 4.06. The van der Waals surface area contributed by atoms with Crippen molar-refractivity contribution in [2.45, 2.75) is 19.9 Å². The number of carbonyl (C=O) groups is 1. The van der Waals surface area contributed by atoms with Gasteiger partial charge >= 0.3 is 0 Å². The highest BCUT2D eigenvalue weighted by Crippen LogP contribution is 2.07. The molecule has 0 fully saturated rings. The van der Waals surface area contributed by atoms with Crippen LogP contribution in [0, 0.1) is 5.92 Å². The van der Waals surface area contributed by atoms with Crippen LogP contribution >= 0.6 is 0 Å². The standard InChI is InChI=1S/C7H11NO/c1-5(2)7-6(9)3-4-8-7/h3-5,7-8H,1-2H3. The third-order valence-electron chi connectivity index (χ3n) is 1.50. The zero-order valence-electron chi connectivity index (χ0n) is 5.72. The van der Waals surface area contributed by atoms with Gasteiger partial charge in [0.25, 0.3) is 0 Å². The van der Waals surface area contributed by atoms with Gasteiger partial charge in [-0.3, -0.25) is 4.79 Å². The molecule has 0 aromatic rings. The molecule has 0 saturated heterocycles. The summed E-state index contributed by atoms with van der Waals surface area (Å²) < 4.78 is 0. The summed E-state index contributed by atoms with van der Waals surface area (Å²) in [5.41, 5.74) is 0. The van der Waals surface area contributed by atoms with Crippen LogP contribution in [0.2, 0.25) is 0 Å². The Hall–Kier alpha value is -0.790. The van der Waals surface area contributed by atoms with E-state index >= 15 is 0 Å². The van der Waals surface area contributed by atoms with E-state index in [0.717, 1.165) is 0 Å². The average Bonchev–Trinajstić information content (AvgIpc) is 2.13. The van der Waals surface area contributed by atoms with Gasteiger partial charge in [-0.25, -0.2) is 0 Å². The Morgan fingerprint density at radius 2 is 2.33 bits per heavy atom. The average molecular weight is 125 g/mol. The number of ketones is 1. The molecule has 1 aliphatic rings. The summed E-state index contributed by atoms with van der Waals surface area (Å²) in [5, 5.41) is 2.98. The Bertz CT molecular complexity index is 149. The SMILES string of the molecule is CC(C)C1NC=CC1=O. The first-order valence-electron chi connectivity index (χ1n) is 3.18. The maximum Gasteiger partial charge on any atom is 0.179 e. The van der Waals surface area contributed by atoms with E-state index in [4.69, 9.17) is 0 Å². The molecule has 1 rings (SSSR count). The fourth-order valence-corrected chi connectivity index (χ4v) is 0.941. The highest BCUT2D eigenvalue weighted by Gasteiger charge is 2.21. The molecule has 9 heavy (non-hydrogen) atoms.